The second kappa shape index (κ2) is 13.0. The molecule has 220 valence electrons. The predicted molar refractivity (Wildman–Crippen MR) is 159 cm³/mol. The summed E-state index contributed by atoms with van der Waals surface area (Å²) in [6, 6.07) is 16.8. The highest BCUT2D eigenvalue weighted by molar-refractivity contribution is 7.88. The van der Waals surface area contributed by atoms with Gasteiger partial charge in [0, 0.05) is 53.9 Å². The number of anilines is 1. The average molecular weight is 605 g/mol. The number of nitrogens with two attached hydrogens (primary N) is 1. The maximum atomic E-state index is 15.1. The van der Waals surface area contributed by atoms with E-state index in [-0.39, 0.29) is 25.0 Å². The van der Waals surface area contributed by atoms with Gasteiger partial charge in [0.1, 0.15) is 23.5 Å². The lowest BCUT2D eigenvalue weighted by Crippen LogP contribution is -2.58. The Labute approximate surface area is 245 Å². The highest BCUT2D eigenvalue weighted by Gasteiger charge is 2.38. The number of sulfonamides is 1. The zero-order chi connectivity index (χ0) is 29.8. The van der Waals surface area contributed by atoms with Crippen LogP contribution in [-0.2, 0) is 21.2 Å². The highest BCUT2D eigenvalue weighted by Crippen LogP contribution is 2.35. The zero-order valence-corrected chi connectivity index (χ0v) is 24.6. The van der Waals surface area contributed by atoms with Crippen molar-refractivity contribution in [2.75, 3.05) is 31.2 Å². The molecule has 7 nitrogen and oxygen atoms in total. The van der Waals surface area contributed by atoms with Crippen LogP contribution in [0.4, 0.5) is 14.5 Å². The molecule has 1 saturated heterocycles. The van der Waals surface area contributed by atoms with Gasteiger partial charge in [0.15, 0.2) is 0 Å². The largest absolute Gasteiger partial charge is 0.382 e. The molecular weight excluding hydrogens is 570 g/mol. The molecular formula is C30H35ClF2N4O3S. The molecule has 4 rings (SSSR count). The van der Waals surface area contributed by atoms with E-state index in [1.807, 2.05) is 6.92 Å². The van der Waals surface area contributed by atoms with Crippen LogP contribution < -0.4 is 16.4 Å². The number of rotatable bonds is 11. The van der Waals surface area contributed by atoms with Crippen LogP contribution in [0, 0.1) is 11.6 Å². The molecule has 11 heteroatoms. The molecule has 4 N–H and O–H groups in total. The van der Waals surface area contributed by atoms with E-state index in [2.05, 4.69) is 10.6 Å². The van der Waals surface area contributed by atoms with Gasteiger partial charge in [0.25, 0.3) is 0 Å². The smallest absolute Gasteiger partial charge is 0.211 e. The van der Waals surface area contributed by atoms with E-state index >= 15 is 4.39 Å². The Kier molecular flexibility index (Phi) is 9.81. The molecule has 3 aromatic rings. The van der Waals surface area contributed by atoms with Crippen LogP contribution in [0.2, 0.25) is 5.02 Å². The number of carbonyl (C=O) groups excluding carboxylic acids is 1. The Hall–Kier alpha value is -2.89. The molecule has 1 fully saturated rings. The minimum atomic E-state index is -3.46. The van der Waals surface area contributed by atoms with Crippen molar-refractivity contribution >= 4 is 33.6 Å². The van der Waals surface area contributed by atoms with Crippen LogP contribution in [0.5, 0.6) is 0 Å². The Morgan fingerprint density at radius 3 is 2.46 bits per heavy atom. The topological polar surface area (TPSA) is 105 Å². The summed E-state index contributed by atoms with van der Waals surface area (Å²) in [4.78, 5) is 12.6. The number of halogens is 3. The Balaban J connectivity index is 1.61. The van der Waals surface area contributed by atoms with E-state index in [0.29, 0.717) is 53.2 Å². The van der Waals surface area contributed by atoms with Crippen LogP contribution in [0.15, 0.2) is 66.7 Å². The average Bonchev–Trinajstić information content (AvgIpc) is 2.91. The zero-order valence-electron chi connectivity index (χ0n) is 23.0. The summed E-state index contributed by atoms with van der Waals surface area (Å²) in [5.41, 5.74) is 7.08. The van der Waals surface area contributed by atoms with Crippen molar-refractivity contribution in [2.45, 2.75) is 43.3 Å². The number of benzene rings is 3. The third-order valence-corrected chi connectivity index (χ3v) is 9.21. The molecule has 3 aromatic carbocycles. The Morgan fingerprint density at radius 1 is 1.12 bits per heavy atom. The quantitative estimate of drug-likeness (QED) is 0.282. The lowest BCUT2D eigenvalue weighted by Gasteiger charge is -2.39. The molecule has 1 aliphatic rings. The van der Waals surface area contributed by atoms with Gasteiger partial charge in [-0.25, -0.2) is 17.2 Å². The van der Waals surface area contributed by atoms with E-state index in [9.17, 15) is 17.6 Å². The van der Waals surface area contributed by atoms with E-state index in [0.717, 1.165) is 0 Å². The van der Waals surface area contributed by atoms with Crippen molar-refractivity contribution < 1.29 is 22.0 Å². The lowest BCUT2D eigenvalue weighted by atomic mass is 9.76. The fourth-order valence-electron chi connectivity index (χ4n) is 5.76. The number of carbonyl (C=O) groups is 1. The standard InChI is InChI=1S/C30H35ClF2N4O3S/c1-20-16-35-17-25(37(20)41(2,39)40)12-13-26-27(33)10-5-11-28(26)36-18-30(34,19-38)29(21-6-3-8-23(31)14-21)22-7-4-9-24(32)15-22/h3-11,14-15,19-20,25,29,35-36H,12-13,16-18,34H2,1-2H3/t20-,25+,29+,30-/m1/s1. The van der Waals surface area contributed by atoms with Gasteiger partial charge >= 0.3 is 0 Å². The van der Waals surface area contributed by atoms with Gasteiger partial charge in [-0.15, -0.1) is 0 Å². The number of hydrogen-bond donors (Lipinski definition) is 3. The maximum absolute atomic E-state index is 15.1. The van der Waals surface area contributed by atoms with Gasteiger partial charge in [0.2, 0.25) is 10.0 Å². The van der Waals surface area contributed by atoms with Gasteiger partial charge < -0.3 is 21.2 Å². The summed E-state index contributed by atoms with van der Waals surface area (Å²) in [5.74, 6) is -1.70. The van der Waals surface area contributed by atoms with Crippen LogP contribution in [-0.4, -0.2) is 62.5 Å². The molecule has 0 aliphatic carbocycles. The second-order valence-electron chi connectivity index (χ2n) is 10.7. The molecule has 0 bridgehead atoms. The lowest BCUT2D eigenvalue weighted by molar-refractivity contribution is -0.112. The van der Waals surface area contributed by atoms with Crippen molar-refractivity contribution in [3.63, 3.8) is 0 Å². The van der Waals surface area contributed by atoms with E-state index in [1.54, 1.807) is 48.5 Å². The summed E-state index contributed by atoms with van der Waals surface area (Å²) < 4.78 is 55.8. The van der Waals surface area contributed by atoms with Crippen molar-refractivity contribution in [1.82, 2.24) is 9.62 Å². The summed E-state index contributed by atoms with van der Waals surface area (Å²) in [7, 11) is -3.46. The molecule has 0 aromatic heterocycles. The maximum Gasteiger partial charge on any atom is 0.211 e. The van der Waals surface area contributed by atoms with Crippen LogP contribution in [0.1, 0.15) is 36.0 Å². The fourth-order valence-corrected chi connectivity index (χ4v) is 7.41. The summed E-state index contributed by atoms with van der Waals surface area (Å²) >= 11 is 6.25. The number of aldehydes is 1. The predicted octanol–water partition coefficient (Wildman–Crippen LogP) is 4.31. The first-order chi connectivity index (χ1) is 19.4. The minimum absolute atomic E-state index is 0.0991. The first-order valence-corrected chi connectivity index (χ1v) is 15.6. The van der Waals surface area contributed by atoms with Crippen LogP contribution in [0.25, 0.3) is 0 Å². The van der Waals surface area contributed by atoms with Crippen molar-refractivity contribution in [3.05, 3.63) is 100 Å². The van der Waals surface area contributed by atoms with Gasteiger partial charge in [-0.3, -0.25) is 0 Å². The highest BCUT2D eigenvalue weighted by atomic mass is 35.5. The normalized spacial score (nSPS) is 20.2. The fraction of sp³-hybridized carbons (Fsp3) is 0.367. The molecule has 0 amide bonds. The number of nitrogens with zero attached hydrogens (tertiary/aromatic N) is 1. The van der Waals surface area contributed by atoms with Crippen molar-refractivity contribution in [2.24, 2.45) is 5.73 Å². The van der Waals surface area contributed by atoms with Gasteiger partial charge in [0.05, 0.1) is 6.26 Å². The first-order valence-electron chi connectivity index (χ1n) is 13.4. The van der Waals surface area contributed by atoms with Gasteiger partial charge in [-0.1, -0.05) is 41.9 Å². The number of piperazine rings is 1. The number of nitrogens with one attached hydrogen (secondary N) is 2. The SMILES string of the molecule is C[C@@H]1CNC[C@H](CCc2c(F)cccc2NC[C@@](N)(C=O)[C@H](c2cccc(F)c2)c2cccc(Cl)c2)N1S(C)(=O)=O. The molecule has 1 aliphatic heterocycles. The molecule has 4 atom stereocenters. The third-order valence-electron chi connectivity index (χ3n) is 7.55. The van der Waals surface area contributed by atoms with Crippen molar-refractivity contribution in [3.8, 4) is 0 Å². The third kappa shape index (κ3) is 7.31. The van der Waals surface area contributed by atoms with E-state index in [4.69, 9.17) is 17.3 Å². The van der Waals surface area contributed by atoms with Crippen molar-refractivity contribution in [1.29, 1.82) is 0 Å². The van der Waals surface area contributed by atoms with Gasteiger partial charge in [-0.05, 0) is 67.3 Å². The van der Waals surface area contributed by atoms with Crippen LogP contribution in [0.3, 0.4) is 0 Å². The number of hydrogen-bond acceptors (Lipinski definition) is 6. The van der Waals surface area contributed by atoms with E-state index in [1.165, 1.54) is 28.8 Å². The summed E-state index contributed by atoms with van der Waals surface area (Å²) in [5, 5.41) is 6.85. The summed E-state index contributed by atoms with van der Waals surface area (Å²) in [6.07, 6.45) is 2.44. The Morgan fingerprint density at radius 2 is 1.80 bits per heavy atom. The molecule has 1 heterocycles. The molecule has 0 unspecified atom stereocenters. The van der Waals surface area contributed by atoms with Gasteiger partial charge in [-0.2, -0.15) is 4.31 Å². The molecule has 0 radical (unpaired) electrons. The summed E-state index contributed by atoms with van der Waals surface area (Å²) in [6.45, 7) is 2.74. The second-order valence-corrected chi connectivity index (χ2v) is 13.0. The molecule has 0 spiro atoms. The monoisotopic (exact) mass is 604 g/mol. The van der Waals surface area contributed by atoms with E-state index < -0.39 is 33.1 Å². The van der Waals surface area contributed by atoms with Crippen LogP contribution >= 0.6 is 11.6 Å². The Bertz CT molecular complexity index is 1450. The molecule has 0 saturated carbocycles. The molecule has 41 heavy (non-hydrogen) atoms. The minimum Gasteiger partial charge on any atom is -0.382 e. The first kappa shape index (κ1) is 31.1.